The van der Waals surface area contributed by atoms with Gasteiger partial charge in [-0.05, 0) is 49.2 Å². The van der Waals surface area contributed by atoms with Crippen molar-refractivity contribution in [2.45, 2.75) is 13.3 Å². The molecule has 7 nitrogen and oxygen atoms in total. The Balaban J connectivity index is 1.40. The molecule has 1 aliphatic rings. The molecule has 35 heavy (non-hydrogen) atoms. The number of urea groups is 1. The van der Waals surface area contributed by atoms with Crippen molar-refractivity contribution >= 4 is 34.2 Å². The molecule has 1 aliphatic heterocycles. The maximum Gasteiger partial charge on any atom is 0.341 e. The van der Waals surface area contributed by atoms with Crippen molar-refractivity contribution in [1.82, 2.24) is 9.88 Å². The second kappa shape index (κ2) is 9.77. The zero-order valence-corrected chi connectivity index (χ0v) is 19.3. The smallest absolute Gasteiger partial charge is 0.341 e. The van der Waals surface area contributed by atoms with E-state index in [0.717, 1.165) is 16.5 Å². The molecule has 0 spiro atoms. The molecule has 1 aromatic heterocycles. The lowest BCUT2D eigenvalue weighted by atomic mass is 10.0. The molecule has 0 atom stereocenters. The van der Waals surface area contributed by atoms with Crippen molar-refractivity contribution in [3.63, 3.8) is 0 Å². The average molecular weight is 468 g/mol. The minimum Gasteiger partial charge on any atom is -0.462 e. The van der Waals surface area contributed by atoms with Crippen LogP contribution in [0.1, 0.15) is 18.2 Å². The largest absolute Gasteiger partial charge is 0.462 e. The average Bonchev–Trinajstić information content (AvgIpc) is 3.12. The fourth-order valence-electron chi connectivity index (χ4n) is 4.19. The quantitative estimate of drug-likeness (QED) is 0.355. The Morgan fingerprint density at radius 2 is 1.74 bits per heavy atom. The van der Waals surface area contributed by atoms with E-state index in [0.29, 0.717) is 41.4 Å². The van der Waals surface area contributed by atoms with Crippen molar-refractivity contribution in [2.24, 2.45) is 0 Å². The number of amides is 2. The van der Waals surface area contributed by atoms with Gasteiger partial charge >= 0.3 is 12.0 Å². The number of aromatic amines is 1. The SMILES string of the molecule is CCOC(=O)C1=CN(C(=O)Nc2cccc(Oc3ccccc3)c2)CCc2c1[nH]c1ccccc21. The zero-order chi connectivity index (χ0) is 24.2. The van der Waals surface area contributed by atoms with Gasteiger partial charge in [0.25, 0.3) is 0 Å². The number of para-hydroxylation sites is 2. The molecule has 2 N–H and O–H groups in total. The molecule has 2 heterocycles. The van der Waals surface area contributed by atoms with Gasteiger partial charge in [0.15, 0.2) is 0 Å². The monoisotopic (exact) mass is 467 g/mol. The van der Waals surface area contributed by atoms with Gasteiger partial charge in [-0.2, -0.15) is 0 Å². The van der Waals surface area contributed by atoms with Gasteiger partial charge in [0, 0.05) is 35.4 Å². The fraction of sp³-hybridized carbons (Fsp3) is 0.143. The fourth-order valence-corrected chi connectivity index (χ4v) is 4.19. The van der Waals surface area contributed by atoms with Crippen LogP contribution in [0.15, 0.2) is 85.1 Å². The van der Waals surface area contributed by atoms with Gasteiger partial charge in [0.2, 0.25) is 0 Å². The molecule has 4 aromatic rings. The highest BCUT2D eigenvalue weighted by Gasteiger charge is 2.27. The summed E-state index contributed by atoms with van der Waals surface area (Å²) in [4.78, 5) is 30.9. The molecule has 0 saturated heterocycles. The van der Waals surface area contributed by atoms with Crippen LogP contribution in [-0.2, 0) is 16.0 Å². The third kappa shape index (κ3) is 4.75. The summed E-state index contributed by atoms with van der Waals surface area (Å²) in [6, 6.07) is 24.2. The zero-order valence-electron chi connectivity index (χ0n) is 19.3. The first kappa shape index (κ1) is 22.3. The van der Waals surface area contributed by atoms with Gasteiger partial charge in [0.05, 0.1) is 17.9 Å². The maximum atomic E-state index is 13.2. The lowest BCUT2D eigenvalue weighted by Gasteiger charge is -2.19. The first-order valence-electron chi connectivity index (χ1n) is 11.5. The molecule has 0 saturated carbocycles. The Labute approximate surface area is 203 Å². The Kier molecular flexibility index (Phi) is 6.22. The van der Waals surface area contributed by atoms with Crippen LogP contribution >= 0.6 is 0 Å². The number of benzene rings is 3. The molecule has 176 valence electrons. The number of nitrogens with one attached hydrogen (secondary N) is 2. The number of rotatable bonds is 5. The van der Waals surface area contributed by atoms with Gasteiger partial charge < -0.3 is 19.8 Å². The summed E-state index contributed by atoms with van der Waals surface area (Å²) in [6.45, 7) is 2.41. The van der Waals surface area contributed by atoms with E-state index < -0.39 is 5.97 Å². The number of carbonyl (C=O) groups excluding carboxylic acids is 2. The third-order valence-electron chi connectivity index (χ3n) is 5.79. The highest BCUT2D eigenvalue weighted by Crippen LogP contribution is 2.32. The highest BCUT2D eigenvalue weighted by atomic mass is 16.5. The van der Waals surface area contributed by atoms with Crippen LogP contribution in [0.3, 0.4) is 0 Å². The predicted octanol–water partition coefficient (Wildman–Crippen LogP) is 5.95. The predicted molar refractivity (Wildman–Crippen MR) is 135 cm³/mol. The van der Waals surface area contributed by atoms with E-state index in [1.807, 2.05) is 66.7 Å². The molecule has 0 bridgehead atoms. The van der Waals surface area contributed by atoms with E-state index in [4.69, 9.17) is 9.47 Å². The number of anilines is 1. The van der Waals surface area contributed by atoms with Crippen LogP contribution in [0.25, 0.3) is 16.5 Å². The van der Waals surface area contributed by atoms with Crippen LogP contribution in [0.5, 0.6) is 11.5 Å². The summed E-state index contributed by atoms with van der Waals surface area (Å²) >= 11 is 0. The number of ether oxygens (including phenoxy) is 2. The Morgan fingerprint density at radius 3 is 2.57 bits per heavy atom. The molecular weight excluding hydrogens is 442 g/mol. The van der Waals surface area contributed by atoms with Crippen molar-refractivity contribution < 1.29 is 19.1 Å². The van der Waals surface area contributed by atoms with Crippen LogP contribution in [-0.4, -0.2) is 35.0 Å². The Hall–Kier alpha value is -4.52. The lowest BCUT2D eigenvalue weighted by Crippen LogP contribution is -2.32. The molecular formula is C28H25N3O4. The van der Waals surface area contributed by atoms with E-state index in [9.17, 15) is 9.59 Å². The van der Waals surface area contributed by atoms with E-state index in [1.54, 1.807) is 25.3 Å². The number of esters is 1. The molecule has 0 fully saturated rings. The van der Waals surface area contributed by atoms with Crippen LogP contribution in [0, 0.1) is 0 Å². The normalized spacial score (nSPS) is 12.9. The number of hydrogen-bond donors (Lipinski definition) is 2. The molecule has 2 amide bonds. The first-order valence-corrected chi connectivity index (χ1v) is 11.5. The summed E-state index contributed by atoms with van der Waals surface area (Å²) in [5, 5.41) is 3.95. The number of carbonyl (C=O) groups is 2. The van der Waals surface area contributed by atoms with Crippen molar-refractivity contribution in [1.29, 1.82) is 0 Å². The number of fused-ring (bicyclic) bond motifs is 3. The summed E-state index contributed by atoms with van der Waals surface area (Å²) in [6.07, 6.45) is 2.15. The number of aromatic nitrogens is 1. The van der Waals surface area contributed by atoms with Gasteiger partial charge in [0.1, 0.15) is 11.5 Å². The molecule has 0 unspecified atom stereocenters. The lowest BCUT2D eigenvalue weighted by molar-refractivity contribution is -0.136. The van der Waals surface area contributed by atoms with Gasteiger partial charge in [-0.25, -0.2) is 9.59 Å². The van der Waals surface area contributed by atoms with Gasteiger partial charge in [-0.15, -0.1) is 0 Å². The number of nitrogens with zero attached hydrogens (tertiary/aromatic N) is 1. The van der Waals surface area contributed by atoms with Crippen LogP contribution < -0.4 is 10.1 Å². The summed E-state index contributed by atoms with van der Waals surface area (Å²) in [5.41, 5.74) is 3.54. The minimum absolute atomic E-state index is 0.242. The summed E-state index contributed by atoms with van der Waals surface area (Å²) in [7, 11) is 0. The molecule has 5 rings (SSSR count). The van der Waals surface area contributed by atoms with E-state index in [1.165, 1.54) is 4.90 Å². The first-order chi connectivity index (χ1) is 17.1. The standard InChI is InChI=1S/C28H25N3O4/c1-2-34-27(32)24-18-31(16-15-23-22-13-6-7-14-25(22)30-26(23)24)28(33)29-19-9-8-12-21(17-19)35-20-10-4-3-5-11-20/h3-14,17-18,30H,2,15-16H2,1H3,(H,29,33). The van der Waals surface area contributed by atoms with Crippen molar-refractivity contribution in [3.05, 3.63) is 96.3 Å². The summed E-state index contributed by atoms with van der Waals surface area (Å²) < 4.78 is 11.2. The second-order valence-electron chi connectivity index (χ2n) is 8.10. The van der Waals surface area contributed by atoms with E-state index in [2.05, 4.69) is 10.3 Å². The van der Waals surface area contributed by atoms with Crippen LogP contribution in [0.2, 0.25) is 0 Å². The van der Waals surface area contributed by atoms with Crippen molar-refractivity contribution in [2.75, 3.05) is 18.5 Å². The highest BCUT2D eigenvalue weighted by molar-refractivity contribution is 6.18. The molecule has 0 radical (unpaired) electrons. The third-order valence-corrected chi connectivity index (χ3v) is 5.79. The topological polar surface area (TPSA) is 83.7 Å². The Bertz CT molecular complexity index is 1410. The molecule has 0 aliphatic carbocycles. The summed E-state index contributed by atoms with van der Waals surface area (Å²) in [5.74, 6) is 0.839. The number of hydrogen-bond acceptors (Lipinski definition) is 4. The van der Waals surface area contributed by atoms with E-state index >= 15 is 0 Å². The number of H-pyrrole nitrogens is 1. The van der Waals surface area contributed by atoms with Gasteiger partial charge in [-0.3, -0.25) is 4.90 Å². The van der Waals surface area contributed by atoms with Crippen LogP contribution in [0.4, 0.5) is 10.5 Å². The maximum absolute atomic E-state index is 13.2. The van der Waals surface area contributed by atoms with E-state index in [-0.39, 0.29) is 12.6 Å². The van der Waals surface area contributed by atoms with Gasteiger partial charge in [-0.1, -0.05) is 42.5 Å². The molecule has 3 aromatic carbocycles. The second-order valence-corrected chi connectivity index (χ2v) is 8.10. The molecule has 7 heteroatoms. The minimum atomic E-state index is -0.474. The van der Waals surface area contributed by atoms with Crippen molar-refractivity contribution in [3.8, 4) is 11.5 Å². The Morgan fingerprint density at radius 1 is 0.971 bits per heavy atom.